The minimum absolute atomic E-state index is 0.400. The van der Waals surface area contributed by atoms with E-state index in [9.17, 15) is 4.79 Å². The fourth-order valence-electron chi connectivity index (χ4n) is 1.99. The average Bonchev–Trinajstić information content (AvgIpc) is 3.00. The number of nitrogens with zero attached hydrogens (tertiary/aromatic N) is 2. The van der Waals surface area contributed by atoms with Crippen LogP contribution in [0, 0.1) is 0 Å². The molecule has 106 valence electrons. The van der Waals surface area contributed by atoms with Crippen molar-refractivity contribution in [3.63, 3.8) is 0 Å². The summed E-state index contributed by atoms with van der Waals surface area (Å²) in [6.07, 6.45) is 3.21. The van der Waals surface area contributed by atoms with Crippen LogP contribution in [-0.4, -0.2) is 23.3 Å². The lowest BCUT2D eigenvalue weighted by atomic mass is 10.2. The van der Waals surface area contributed by atoms with E-state index in [2.05, 4.69) is 10.2 Å². The van der Waals surface area contributed by atoms with Gasteiger partial charge in [0.1, 0.15) is 16.3 Å². The summed E-state index contributed by atoms with van der Waals surface area (Å²) in [5, 5.41) is 11.0. The number of hydrogen-bond acceptors (Lipinski definition) is 6. The molecule has 0 unspecified atom stereocenters. The minimum atomic E-state index is -0.400. The van der Waals surface area contributed by atoms with E-state index in [-0.39, 0.29) is 0 Å². The summed E-state index contributed by atoms with van der Waals surface area (Å²) in [6, 6.07) is 9.51. The summed E-state index contributed by atoms with van der Waals surface area (Å²) >= 11 is 1.47. The number of esters is 1. The molecule has 0 fully saturated rings. The molecule has 2 heterocycles. The quantitative estimate of drug-likeness (QED) is 0.544. The predicted molar refractivity (Wildman–Crippen MR) is 79.1 cm³/mol. The van der Waals surface area contributed by atoms with Crippen molar-refractivity contribution >= 4 is 28.5 Å². The van der Waals surface area contributed by atoms with E-state index in [1.54, 1.807) is 12.3 Å². The van der Waals surface area contributed by atoms with Gasteiger partial charge in [0.25, 0.3) is 0 Å². The molecule has 0 aliphatic rings. The molecule has 0 spiro atoms. The number of benzene rings is 1. The zero-order valence-electron chi connectivity index (χ0n) is 11.3. The van der Waals surface area contributed by atoms with Gasteiger partial charge in [0.15, 0.2) is 0 Å². The Morgan fingerprint density at radius 2 is 2.19 bits per heavy atom. The molecule has 6 heteroatoms. The Hall–Kier alpha value is -2.34. The van der Waals surface area contributed by atoms with Crippen LogP contribution in [-0.2, 0) is 10.5 Å². The van der Waals surface area contributed by atoms with Gasteiger partial charge in [0.05, 0.1) is 25.3 Å². The van der Waals surface area contributed by atoms with Gasteiger partial charge >= 0.3 is 5.97 Å². The van der Waals surface area contributed by atoms with Crippen molar-refractivity contribution in [2.24, 2.45) is 0 Å². The van der Waals surface area contributed by atoms with Crippen LogP contribution in [0.2, 0.25) is 0 Å². The highest BCUT2D eigenvalue weighted by Gasteiger charge is 2.16. The van der Waals surface area contributed by atoms with Crippen molar-refractivity contribution in [1.29, 1.82) is 0 Å². The molecule has 0 aliphatic heterocycles. The predicted octanol–water partition coefficient (Wildman–Crippen LogP) is 3.30. The van der Waals surface area contributed by atoms with Gasteiger partial charge in [-0.3, -0.25) is 0 Å². The molecule has 21 heavy (non-hydrogen) atoms. The Morgan fingerprint density at radius 1 is 1.33 bits per heavy atom. The molecule has 0 radical (unpaired) electrons. The maximum absolute atomic E-state index is 11.6. The molecule has 0 amide bonds. The lowest BCUT2D eigenvalue weighted by Crippen LogP contribution is -2.02. The smallest absolute Gasteiger partial charge is 0.341 e. The second-order valence-electron chi connectivity index (χ2n) is 4.27. The first-order valence-electron chi connectivity index (χ1n) is 6.27. The standard InChI is InChI=1S/C15H12N2O3S/c1-19-15(18)12-6-7-20-13(12)9-21-14-11-5-3-2-4-10(11)8-16-17-14/h2-8H,9H2,1H3. The molecule has 0 saturated heterocycles. The number of thioether (sulfide) groups is 1. The number of rotatable bonds is 4. The molecule has 0 saturated carbocycles. The van der Waals surface area contributed by atoms with Crippen LogP contribution in [0.15, 0.2) is 52.2 Å². The molecule has 3 rings (SSSR count). The first kappa shape index (κ1) is 13.6. The number of methoxy groups -OCH3 is 1. The second-order valence-corrected chi connectivity index (χ2v) is 5.24. The SMILES string of the molecule is COC(=O)c1ccoc1CSc1nncc2ccccc12. The largest absolute Gasteiger partial charge is 0.468 e. The molecule has 3 aromatic rings. The van der Waals surface area contributed by atoms with Gasteiger partial charge in [0, 0.05) is 10.8 Å². The highest BCUT2D eigenvalue weighted by atomic mass is 32.2. The van der Waals surface area contributed by atoms with Crippen molar-refractivity contribution in [2.45, 2.75) is 10.8 Å². The lowest BCUT2D eigenvalue weighted by molar-refractivity contribution is 0.0598. The molecular weight excluding hydrogens is 288 g/mol. The van der Waals surface area contributed by atoms with Gasteiger partial charge in [0.2, 0.25) is 0 Å². The molecule has 1 aromatic carbocycles. The summed E-state index contributed by atoms with van der Waals surface area (Å²) in [6.45, 7) is 0. The Kier molecular flexibility index (Phi) is 3.87. The van der Waals surface area contributed by atoms with E-state index in [1.807, 2.05) is 24.3 Å². The van der Waals surface area contributed by atoms with E-state index >= 15 is 0 Å². The number of aromatic nitrogens is 2. The highest BCUT2D eigenvalue weighted by molar-refractivity contribution is 7.98. The van der Waals surface area contributed by atoms with Gasteiger partial charge in [-0.15, -0.1) is 5.10 Å². The van der Waals surface area contributed by atoms with E-state index in [4.69, 9.17) is 9.15 Å². The van der Waals surface area contributed by atoms with E-state index in [0.29, 0.717) is 17.1 Å². The second kappa shape index (κ2) is 5.97. The highest BCUT2D eigenvalue weighted by Crippen LogP contribution is 2.28. The number of furan rings is 1. The topological polar surface area (TPSA) is 65.2 Å². The van der Waals surface area contributed by atoms with Gasteiger partial charge in [-0.2, -0.15) is 5.10 Å². The van der Waals surface area contributed by atoms with Crippen molar-refractivity contribution < 1.29 is 13.9 Å². The van der Waals surface area contributed by atoms with E-state index in [1.165, 1.54) is 25.1 Å². The summed E-state index contributed by atoms with van der Waals surface area (Å²) in [5.41, 5.74) is 0.443. The van der Waals surface area contributed by atoms with Crippen LogP contribution < -0.4 is 0 Å². The average molecular weight is 300 g/mol. The van der Waals surface area contributed by atoms with Crippen molar-refractivity contribution in [3.05, 3.63) is 54.1 Å². The van der Waals surface area contributed by atoms with Crippen LogP contribution in [0.4, 0.5) is 0 Å². The molecule has 0 atom stereocenters. The molecule has 0 N–H and O–H groups in total. The normalized spacial score (nSPS) is 10.7. The maximum atomic E-state index is 11.6. The van der Waals surface area contributed by atoms with Gasteiger partial charge < -0.3 is 9.15 Å². The third kappa shape index (κ3) is 2.75. The molecule has 0 aliphatic carbocycles. The van der Waals surface area contributed by atoms with Gasteiger partial charge in [-0.05, 0) is 6.07 Å². The summed E-state index contributed by atoms with van der Waals surface area (Å²) in [7, 11) is 1.35. The summed E-state index contributed by atoms with van der Waals surface area (Å²) < 4.78 is 10.1. The fourth-order valence-corrected chi connectivity index (χ4v) is 2.92. The number of ether oxygens (including phenoxy) is 1. The van der Waals surface area contributed by atoms with Crippen LogP contribution in [0.3, 0.4) is 0 Å². The zero-order valence-corrected chi connectivity index (χ0v) is 12.1. The van der Waals surface area contributed by atoms with Crippen LogP contribution in [0.25, 0.3) is 10.8 Å². The minimum Gasteiger partial charge on any atom is -0.468 e. The van der Waals surface area contributed by atoms with Gasteiger partial charge in [-0.1, -0.05) is 36.0 Å². The molecular formula is C15H12N2O3S. The summed E-state index contributed by atoms with van der Waals surface area (Å²) in [4.78, 5) is 11.6. The van der Waals surface area contributed by atoms with Gasteiger partial charge in [-0.25, -0.2) is 4.79 Å². The third-order valence-corrected chi connectivity index (χ3v) is 4.01. The van der Waals surface area contributed by atoms with Crippen molar-refractivity contribution in [1.82, 2.24) is 10.2 Å². The monoisotopic (exact) mass is 300 g/mol. The first-order chi connectivity index (χ1) is 10.3. The van der Waals surface area contributed by atoms with Crippen LogP contribution in [0.5, 0.6) is 0 Å². The maximum Gasteiger partial charge on any atom is 0.341 e. The fraction of sp³-hybridized carbons (Fsp3) is 0.133. The summed E-state index contributed by atoms with van der Waals surface area (Å²) in [5.74, 6) is 0.657. The van der Waals surface area contributed by atoms with Crippen molar-refractivity contribution in [2.75, 3.05) is 7.11 Å². The van der Waals surface area contributed by atoms with Crippen molar-refractivity contribution in [3.8, 4) is 0 Å². The van der Waals surface area contributed by atoms with E-state index < -0.39 is 5.97 Å². The Labute approximate surface area is 125 Å². The number of carbonyl (C=O) groups excluding carboxylic acids is 1. The molecule has 2 aromatic heterocycles. The molecule has 0 bridgehead atoms. The Balaban J connectivity index is 1.84. The third-order valence-electron chi connectivity index (χ3n) is 3.03. The van der Waals surface area contributed by atoms with Crippen LogP contribution >= 0.6 is 11.8 Å². The Morgan fingerprint density at radius 3 is 3.05 bits per heavy atom. The van der Waals surface area contributed by atoms with E-state index in [0.717, 1.165) is 15.8 Å². The number of fused-ring (bicyclic) bond motifs is 1. The lowest BCUT2D eigenvalue weighted by Gasteiger charge is -2.04. The number of hydrogen-bond donors (Lipinski definition) is 0. The Bertz CT molecular complexity index is 780. The molecule has 5 nitrogen and oxygen atoms in total. The zero-order chi connectivity index (χ0) is 14.7. The number of carbonyl (C=O) groups is 1. The van der Waals surface area contributed by atoms with Crippen LogP contribution in [0.1, 0.15) is 16.1 Å². The first-order valence-corrected chi connectivity index (χ1v) is 7.26.